The first kappa shape index (κ1) is 21.1. The number of carbonyl (C=O) groups is 1. The van der Waals surface area contributed by atoms with Crippen LogP contribution in [-0.2, 0) is 4.79 Å². The zero-order valence-corrected chi connectivity index (χ0v) is 19.5. The van der Waals surface area contributed by atoms with Gasteiger partial charge in [0, 0.05) is 67.6 Å². The van der Waals surface area contributed by atoms with Gasteiger partial charge >= 0.3 is 0 Å². The summed E-state index contributed by atoms with van der Waals surface area (Å²) in [7, 11) is 0. The van der Waals surface area contributed by atoms with Crippen LogP contribution in [0.1, 0.15) is 31.0 Å². The Morgan fingerprint density at radius 1 is 1.09 bits per heavy atom. The molecular formula is C27H28FN5O. The van der Waals surface area contributed by atoms with E-state index in [0.29, 0.717) is 17.2 Å². The number of carbonyl (C=O) groups excluding carboxylic acids is 1. The van der Waals surface area contributed by atoms with E-state index < -0.39 is 5.82 Å². The van der Waals surface area contributed by atoms with Gasteiger partial charge in [0.05, 0.1) is 11.4 Å². The van der Waals surface area contributed by atoms with Crippen molar-refractivity contribution in [3.05, 3.63) is 89.6 Å². The van der Waals surface area contributed by atoms with E-state index in [2.05, 4.69) is 27.8 Å². The third-order valence-electron chi connectivity index (χ3n) is 7.04. The number of aromatic nitrogens is 2. The topological polar surface area (TPSA) is 44.1 Å². The second-order valence-electron chi connectivity index (χ2n) is 9.60. The fourth-order valence-electron chi connectivity index (χ4n) is 5.19. The molecule has 1 saturated carbocycles. The summed E-state index contributed by atoms with van der Waals surface area (Å²) in [6, 6.07) is 2.71. The molecule has 0 spiro atoms. The number of aryl methyl sites for hydroxylation is 1. The quantitative estimate of drug-likeness (QED) is 0.698. The molecule has 7 heteroatoms. The SMILES string of the molecule is Cc1cn2cc(C3=CC(=O)N4C=C(N5CCN(C6CC6)[C@@H](C)C5)C=C/C4=C\C=C3)cc(F)c2n1. The molecule has 1 saturated heterocycles. The normalized spacial score (nSPS) is 25.0. The molecule has 34 heavy (non-hydrogen) atoms. The van der Waals surface area contributed by atoms with Gasteiger partial charge in [-0.05, 0) is 56.6 Å². The smallest absolute Gasteiger partial charge is 0.255 e. The molecule has 0 aromatic carbocycles. The maximum absolute atomic E-state index is 14.7. The number of hydrogen-bond acceptors (Lipinski definition) is 4. The average Bonchev–Trinajstić information content (AvgIpc) is 3.57. The van der Waals surface area contributed by atoms with Crippen LogP contribution >= 0.6 is 0 Å². The van der Waals surface area contributed by atoms with Gasteiger partial charge in [0.15, 0.2) is 11.5 Å². The van der Waals surface area contributed by atoms with Crippen LogP contribution in [0, 0.1) is 12.7 Å². The molecule has 0 N–H and O–H groups in total. The summed E-state index contributed by atoms with van der Waals surface area (Å²) in [6.07, 6.45) is 19.5. The number of fused-ring (bicyclic) bond motifs is 2. The number of halogens is 1. The Bertz CT molecular complexity index is 1330. The van der Waals surface area contributed by atoms with E-state index >= 15 is 0 Å². The Morgan fingerprint density at radius 3 is 2.71 bits per heavy atom. The van der Waals surface area contributed by atoms with Gasteiger partial charge in [-0.2, -0.15) is 0 Å². The van der Waals surface area contributed by atoms with Crippen molar-refractivity contribution in [2.45, 2.75) is 38.8 Å². The van der Waals surface area contributed by atoms with Crippen LogP contribution in [0.3, 0.4) is 0 Å². The van der Waals surface area contributed by atoms with Crippen molar-refractivity contribution in [1.29, 1.82) is 0 Å². The first-order chi connectivity index (χ1) is 16.5. The Labute approximate surface area is 198 Å². The zero-order valence-electron chi connectivity index (χ0n) is 19.5. The highest BCUT2D eigenvalue weighted by molar-refractivity contribution is 5.99. The molecule has 3 aliphatic heterocycles. The van der Waals surface area contributed by atoms with Crippen molar-refractivity contribution in [2.75, 3.05) is 19.6 Å². The third-order valence-corrected chi connectivity index (χ3v) is 7.04. The van der Waals surface area contributed by atoms with Crippen LogP contribution in [-0.4, -0.2) is 61.7 Å². The predicted octanol–water partition coefficient (Wildman–Crippen LogP) is 4.03. The van der Waals surface area contributed by atoms with Crippen molar-refractivity contribution < 1.29 is 9.18 Å². The minimum absolute atomic E-state index is 0.153. The standard InChI is InChI=1S/C27H28FN5O/c1-18-14-31-16-21(12-25(28)27(31)29-18)20-4-3-5-22-8-9-24(17-33(22)26(34)13-20)30-10-11-32(19(2)15-30)23-6-7-23/h3-5,8-9,12-14,16-17,19,23H,6-7,10-11,15H2,1-2H3/b4-3?,20-13?,22-5+/t19-/m0/s1. The molecule has 1 amide bonds. The van der Waals surface area contributed by atoms with Gasteiger partial charge in [0.2, 0.25) is 0 Å². The molecule has 1 atom stereocenters. The van der Waals surface area contributed by atoms with Gasteiger partial charge in [-0.15, -0.1) is 0 Å². The minimum atomic E-state index is -0.409. The molecule has 1 aliphatic carbocycles. The summed E-state index contributed by atoms with van der Waals surface area (Å²) in [4.78, 5) is 24.2. The van der Waals surface area contributed by atoms with Crippen LogP contribution in [0.25, 0.3) is 11.2 Å². The molecule has 2 aromatic rings. The Morgan fingerprint density at radius 2 is 1.91 bits per heavy atom. The number of amides is 1. The number of rotatable bonds is 3. The van der Waals surface area contributed by atoms with E-state index in [4.69, 9.17) is 0 Å². The summed E-state index contributed by atoms with van der Waals surface area (Å²) in [5.41, 5.74) is 4.18. The van der Waals surface area contributed by atoms with E-state index in [9.17, 15) is 9.18 Å². The Balaban J connectivity index is 1.28. The maximum atomic E-state index is 14.7. The lowest BCUT2D eigenvalue weighted by Crippen LogP contribution is -2.52. The molecule has 174 valence electrons. The largest absolute Gasteiger partial charge is 0.367 e. The van der Waals surface area contributed by atoms with E-state index in [0.717, 1.165) is 42.8 Å². The third kappa shape index (κ3) is 3.80. The summed E-state index contributed by atoms with van der Waals surface area (Å²) < 4.78 is 16.3. The van der Waals surface area contributed by atoms with Crippen LogP contribution in [0.2, 0.25) is 0 Å². The van der Waals surface area contributed by atoms with Crippen LogP contribution in [0.5, 0.6) is 0 Å². The molecule has 4 aliphatic rings. The number of piperazine rings is 1. The Hall–Kier alpha value is -3.45. The second kappa shape index (κ2) is 8.09. The number of hydrogen-bond donors (Lipinski definition) is 0. The van der Waals surface area contributed by atoms with E-state index in [1.165, 1.54) is 18.9 Å². The Kier molecular flexibility index (Phi) is 5.03. The van der Waals surface area contributed by atoms with Gasteiger partial charge in [-0.1, -0.05) is 12.2 Å². The van der Waals surface area contributed by atoms with E-state index in [1.54, 1.807) is 21.6 Å². The average molecular weight is 458 g/mol. The highest BCUT2D eigenvalue weighted by Gasteiger charge is 2.36. The summed E-state index contributed by atoms with van der Waals surface area (Å²) in [6.45, 7) is 7.10. The minimum Gasteiger partial charge on any atom is -0.367 e. The molecular weight excluding hydrogens is 429 g/mol. The predicted molar refractivity (Wildman–Crippen MR) is 130 cm³/mol. The zero-order chi connectivity index (χ0) is 23.4. The number of nitrogens with zero attached hydrogens (tertiary/aromatic N) is 5. The molecule has 0 bridgehead atoms. The van der Waals surface area contributed by atoms with Gasteiger partial charge in [0.25, 0.3) is 5.91 Å². The van der Waals surface area contributed by atoms with Crippen LogP contribution < -0.4 is 0 Å². The number of pyridine rings is 1. The van der Waals surface area contributed by atoms with Gasteiger partial charge in [-0.3, -0.25) is 14.6 Å². The molecule has 0 unspecified atom stereocenters. The lowest BCUT2D eigenvalue weighted by atomic mass is 10.0. The van der Waals surface area contributed by atoms with Gasteiger partial charge < -0.3 is 9.30 Å². The summed E-state index contributed by atoms with van der Waals surface area (Å²) in [5, 5.41) is 0. The monoisotopic (exact) mass is 457 g/mol. The summed E-state index contributed by atoms with van der Waals surface area (Å²) >= 11 is 0. The molecule has 2 aromatic heterocycles. The van der Waals surface area contributed by atoms with Gasteiger partial charge in [0.1, 0.15) is 0 Å². The fourth-order valence-corrected chi connectivity index (χ4v) is 5.19. The van der Waals surface area contributed by atoms with Crippen molar-refractivity contribution >= 4 is 17.1 Å². The fraction of sp³-hybridized carbons (Fsp3) is 0.333. The van der Waals surface area contributed by atoms with Crippen molar-refractivity contribution in [2.24, 2.45) is 0 Å². The molecule has 2 fully saturated rings. The highest BCUT2D eigenvalue weighted by Crippen LogP contribution is 2.32. The van der Waals surface area contributed by atoms with Crippen molar-refractivity contribution in [3.8, 4) is 0 Å². The lowest BCUT2D eigenvalue weighted by Gasteiger charge is -2.42. The van der Waals surface area contributed by atoms with E-state index in [-0.39, 0.29) is 11.6 Å². The number of allylic oxidation sites excluding steroid dienone is 6. The van der Waals surface area contributed by atoms with Crippen LogP contribution in [0.4, 0.5) is 4.39 Å². The second-order valence-corrected chi connectivity index (χ2v) is 9.60. The first-order valence-electron chi connectivity index (χ1n) is 12.0. The first-order valence-corrected chi connectivity index (χ1v) is 12.0. The van der Waals surface area contributed by atoms with Crippen molar-refractivity contribution in [1.82, 2.24) is 24.1 Å². The maximum Gasteiger partial charge on any atom is 0.255 e. The molecule has 6 rings (SSSR count). The molecule has 5 heterocycles. The summed E-state index contributed by atoms with van der Waals surface area (Å²) in [5.74, 6) is -0.562. The number of imidazole rings is 1. The van der Waals surface area contributed by atoms with Crippen LogP contribution in [0.15, 0.2) is 72.5 Å². The lowest BCUT2D eigenvalue weighted by molar-refractivity contribution is -0.122. The molecule has 0 radical (unpaired) electrons. The van der Waals surface area contributed by atoms with Gasteiger partial charge in [-0.25, -0.2) is 9.37 Å². The van der Waals surface area contributed by atoms with Crippen molar-refractivity contribution in [3.63, 3.8) is 0 Å². The highest BCUT2D eigenvalue weighted by atomic mass is 19.1. The van der Waals surface area contributed by atoms with E-state index in [1.807, 2.05) is 43.6 Å². The molecule has 6 nitrogen and oxygen atoms in total.